The van der Waals surface area contributed by atoms with Crippen molar-refractivity contribution in [3.8, 4) is 0 Å². The molecule has 2 N–H and O–H groups in total. The maximum absolute atomic E-state index is 12.0. The monoisotopic (exact) mass is 242 g/mol. The van der Waals surface area contributed by atoms with Gasteiger partial charge in [-0.25, -0.2) is 0 Å². The number of rotatable bonds is 5. The van der Waals surface area contributed by atoms with Crippen molar-refractivity contribution in [3.05, 3.63) is 0 Å². The van der Waals surface area contributed by atoms with Crippen LogP contribution in [-0.2, 0) is 9.59 Å². The SMILES string of the molecule is CC(C(=O)O)C(C)(CCC(F)(F)F)C(=O)O. The fourth-order valence-electron chi connectivity index (χ4n) is 1.18. The van der Waals surface area contributed by atoms with Gasteiger partial charge in [-0.3, -0.25) is 9.59 Å². The second-order valence-electron chi connectivity index (χ2n) is 3.90. The first kappa shape index (κ1) is 14.7. The molecule has 0 amide bonds. The fourth-order valence-corrected chi connectivity index (χ4v) is 1.18. The standard InChI is InChI=1S/C9H13F3O4/c1-5(6(13)14)8(2,7(15)16)3-4-9(10,11)12/h5H,3-4H2,1-2H3,(H,13,14)(H,15,16). The molecule has 0 fully saturated rings. The summed E-state index contributed by atoms with van der Waals surface area (Å²) in [6.07, 6.45) is -6.55. The van der Waals surface area contributed by atoms with Crippen molar-refractivity contribution < 1.29 is 33.0 Å². The van der Waals surface area contributed by atoms with E-state index in [0.29, 0.717) is 0 Å². The molecule has 16 heavy (non-hydrogen) atoms. The second-order valence-corrected chi connectivity index (χ2v) is 3.90. The lowest BCUT2D eigenvalue weighted by Crippen LogP contribution is -2.39. The Kier molecular flexibility index (Phi) is 4.34. The van der Waals surface area contributed by atoms with Gasteiger partial charge < -0.3 is 10.2 Å². The first-order valence-electron chi connectivity index (χ1n) is 4.53. The van der Waals surface area contributed by atoms with Crippen LogP contribution in [0.25, 0.3) is 0 Å². The van der Waals surface area contributed by atoms with E-state index in [1.54, 1.807) is 0 Å². The van der Waals surface area contributed by atoms with E-state index >= 15 is 0 Å². The largest absolute Gasteiger partial charge is 0.481 e. The lowest BCUT2D eigenvalue weighted by atomic mass is 9.74. The maximum atomic E-state index is 12.0. The van der Waals surface area contributed by atoms with Gasteiger partial charge in [-0.05, 0) is 13.3 Å². The molecular weight excluding hydrogens is 229 g/mol. The topological polar surface area (TPSA) is 74.6 Å². The van der Waals surface area contributed by atoms with E-state index in [-0.39, 0.29) is 0 Å². The van der Waals surface area contributed by atoms with E-state index in [2.05, 4.69) is 0 Å². The van der Waals surface area contributed by atoms with Gasteiger partial charge in [0.1, 0.15) is 0 Å². The Bertz CT molecular complexity index is 287. The Morgan fingerprint density at radius 1 is 1.19 bits per heavy atom. The Balaban J connectivity index is 4.85. The molecule has 4 nitrogen and oxygen atoms in total. The predicted octanol–water partition coefficient (Wildman–Crippen LogP) is 2.14. The van der Waals surface area contributed by atoms with Crippen LogP contribution in [0.4, 0.5) is 13.2 Å². The highest BCUT2D eigenvalue weighted by Crippen LogP contribution is 2.37. The summed E-state index contributed by atoms with van der Waals surface area (Å²) in [6, 6.07) is 0. The summed E-state index contributed by atoms with van der Waals surface area (Å²) < 4.78 is 35.9. The molecule has 0 bridgehead atoms. The van der Waals surface area contributed by atoms with Gasteiger partial charge in [-0.1, -0.05) is 6.92 Å². The molecule has 0 radical (unpaired) electrons. The van der Waals surface area contributed by atoms with Gasteiger partial charge in [-0.2, -0.15) is 13.2 Å². The average Bonchev–Trinajstić information content (AvgIpc) is 2.11. The lowest BCUT2D eigenvalue weighted by molar-refractivity contribution is -0.168. The van der Waals surface area contributed by atoms with Crippen molar-refractivity contribution in [1.29, 1.82) is 0 Å². The molecule has 0 aliphatic carbocycles. The smallest absolute Gasteiger partial charge is 0.389 e. The molecular formula is C9H13F3O4. The van der Waals surface area contributed by atoms with Crippen molar-refractivity contribution >= 4 is 11.9 Å². The third kappa shape index (κ3) is 3.71. The minimum Gasteiger partial charge on any atom is -0.481 e. The number of carboxylic acids is 2. The normalized spacial score (nSPS) is 17.6. The molecule has 0 aliphatic rings. The molecule has 0 aliphatic heterocycles. The van der Waals surface area contributed by atoms with Crippen molar-refractivity contribution in [2.75, 3.05) is 0 Å². The van der Waals surface area contributed by atoms with Crippen molar-refractivity contribution in [2.45, 2.75) is 32.9 Å². The summed E-state index contributed by atoms with van der Waals surface area (Å²) in [6.45, 7) is 2.10. The number of hydrogen-bond donors (Lipinski definition) is 2. The molecule has 0 spiro atoms. The molecule has 0 saturated carbocycles. The molecule has 2 unspecified atom stereocenters. The van der Waals surface area contributed by atoms with Gasteiger partial charge in [-0.15, -0.1) is 0 Å². The molecule has 0 saturated heterocycles. The summed E-state index contributed by atoms with van der Waals surface area (Å²) in [5.74, 6) is -4.34. The Morgan fingerprint density at radius 3 is 1.88 bits per heavy atom. The zero-order chi connectivity index (χ0) is 13.1. The second kappa shape index (κ2) is 4.71. The number of carboxylic acid groups (broad SMARTS) is 2. The van der Waals surface area contributed by atoms with Crippen LogP contribution >= 0.6 is 0 Å². The van der Waals surface area contributed by atoms with E-state index in [0.717, 1.165) is 13.8 Å². The van der Waals surface area contributed by atoms with E-state index in [1.807, 2.05) is 0 Å². The number of aliphatic carboxylic acids is 2. The molecule has 0 aromatic heterocycles. The molecule has 0 rings (SSSR count). The average molecular weight is 242 g/mol. The van der Waals surface area contributed by atoms with Gasteiger partial charge in [0.2, 0.25) is 0 Å². The van der Waals surface area contributed by atoms with Crippen LogP contribution in [0.15, 0.2) is 0 Å². The summed E-state index contributed by atoms with van der Waals surface area (Å²) in [5.41, 5.74) is -1.92. The number of alkyl halides is 3. The van der Waals surface area contributed by atoms with Crippen LogP contribution in [0, 0.1) is 11.3 Å². The van der Waals surface area contributed by atoms with Gasteiger partial charge in [0.25, 0.3) is 0 Å². The van der Waals surface area contributed by atoms with Crippen molar-refractivity contribution in [2.24, 2.45) is 11.3 Å². The summed E-state index contributed by atoms with van der Waals surface area (Å²) in [5, 5.41) is 17.5. The highest BCUT2D eigenvalue weighted by Gasteiger charge is 2.45. The predicted molar refractivity (Wildman–Crippen MR) is 47.8 cm³/mol. The molecule has 0 aromatic carbocycles. The number of halogens is 3. The zero-order valence-corrected chi connectivity index (χ0v) is 8.84. The van der Waals surface area contributed by atoms with Gasteiger partial charge in [0.05, 0.1) is 11.3 Å². The maximum Gasteiger partial charge on any atom is 0.389 e. The van der Waals surface area contributed by atoms with Gasteiger partial charge >= 0.3 is 18.1 Å². The highest BCUT2D eigenvalue weighted by molar-refractivity contribution is 5.82. The van der Waals surface area contributed by atoms with E-state index < -0.39 is 42.3 Å². The molecule has 0 aromatic rings. The summed E-state index contributed by atoms with van der Waals surface area (Å²) in [4.78, 5) is 21.5. The summed E-state index contributed by atoms with van der Waals surface area (Å²) >= 11 is 0. The van der Waals surface area contributed by atoms with Crippen LogP contribution < -0.4 is 0 Å². The lowest BCUT2D eigenvalue weighted by Gasteiger charge is -2.29. The third-order valence-electron chi connectivity index (χ3n) is 2.74. The quantitative estimate of drug-likeness (QED) is 0.774. The molecule has 2 atom stereocenters. The van der Waals surface area contributed by atoms with E-state index in [4.69, 9.17) is 10.2 Å². The first-order valence-corrected chi connectivity index (χ1v) is 4.53. The minimum atomic E-state index is -4.49. The van der Waals surface area contributed by atoms with Crippen molar-refractivity contribution in [1.82, 2.24) is 0 Å². The van der Waals surface area contributed by atoms with Crippen LogP contribution in [0.3, 0.4) is 0 Å². The fraction of sp³-hybridized carbons (Fsp3) is 0.778. The molecule has 94 valence electrons. The Labute approximate surface area is 90.1 Å². The highest BCUT2D eigenvalue weighted by atomic mass is 19.4. The van der Waals surface area contributed by atoms with Crippen LogP contribution in [0.5, 0.6) is 0 Å². The third-order valence-corrected chi connectivity index (χ3v) is 2.74. The molecule has 7 heteroatoms. The van der Waals surface area contributed by atoms with Crippen LogP contribution in [0.2, 0.25) is 0 Å². The van der Waals surface area contributed by atoms with E-state index in [1.165, 1.54) is 0 Å². The van der Waals surface area contributed by atoms with Crippen molar-refractivity contribution in [3.63, 3.8) is 0 Å². The van der Waals surface area contributed by atoms with Gasteiger partial charge in [0.15, 0.2) is 0 Å². The van der Waals surface area contributed by atoms with E-state index in [9.17, 15) is 22.8 Å². The minimum absolute atomic E-state index is 0.751. The summed E-state index contributed by atoms with van der Waals surface area (Å²) in [7, 11) is 0. The number of carbonyl (C=O) groups is 2. The Morgan fingerprint density at radius 2 is 1.62 bits per heavy atom. The van der Waals surface area contributed by atoms with Gasteiger partial charge in [0, 0.05) is 6.42 Å². The number of hydrogen-bond acceptors (Lipinski definition) is 2. The zero-order valence-electron chi connectivity index (χ0n) is 8.84. The molecule has 0 heterocycles. The Hall–Kier alpha value is -1.27. The van der Waals surface area contributed by atoms with Crippen LogP contribution in [-0.4, -0.2) is 28.3 Å². The first-order chi connectivity index (χ1) is 7.00. The van der Waals surface area contributed by atoms with Crippen LogP contribution in [0.1, 0.15) is 26.7 Å².